The van der Waals surface area contributed by atoms with Gasteiger partial charge in [0.1, 0.15) is 11.5 Å². The predicted molar refractivity (Wildman–Crippen MR) is 142 cm³/mol. The molecule has 192 valence electrons. The molecule has 2 heterocycles. The molecule has 2 aromatic rings. The first-order valence-electron chi connectivity index (χ1n) is 12.5. The lowest BCUT2D eigenvalue weighted by Crippen LogP contribution is -2.38. The minimum atomic E-state index is -0.655. The maximum atomic E-state index is 13.3. The molecule has 8 heteroatoms. The zero-order valence-electron chi connectivity index (χ0n) is 20.8. The van der Waals surface area contributed by atoms with Crippen molar-refractivity contribution >= 4 is 33.4 Å². The Morgan fingerprint density at radius 3 is 2.50 bits per heavy atom. The van der Waals surface area contributed by atoms with Gasteiger partial charge in [0, 0.05) is 36.2 Å². The Hall–Kier alpha value is -2.68. The zero-order chi connectivity index (χ0) is 25.7. The third-order valence-corrected chi connectivity index (χ3v) is 7.16. The molecular weight excluding hydrogens is 524 g/mol. The molecule has 2 aliphatic heterocycles. The van der Waals surface area contributed by atoms with Crippen molar-refractivity contribution in [3.05, 3.63) is 69.2 Å². The lowest BCUT2D eigenvalue weighted by molar-refractivity contribution is -0.140. The van der Waals surface area contributed by atoms with E-state index in [1.165, 1.54) is 0 Å². The van der Waals surface area contributed by atoms with Gasteiger partial charge in [-0.25, -0.2) is 0 Å². The van der Waals surface area contributed by atoms with Gasteiger partial charge in [-0.05, 0) is 61.2 Å². The Morgan fingerprint density at radius 2 is 1.83 bits per heavy atom. The maximum absolute atomic E-state index is 13.3. The van der Waals surface area contributed by atoms with E-state index in [2.05, 4.69) is 20.8 Å². The Morgan fingerprint density at radius 1 is 1.11 bits per heavy atom. The fraction of sp³-hybridized carbons (Fsp3) is 0.429. The number of carbonyl (C=O) groups excluding carboxylic acids is 2. The van der Waals surface area contributed by atoms with Crippen LogP contribution >= 0.6 is 15.9 Å². The van der Waals surface area contributed by atoms with Crippen LogP contribution in [0.5, 0.6) is 5.75 Å². The topological polar surface area (TPSA) is 79.3 Å². The van der Waals surface area contributed by atoms with Crippen molar-refractivity contribution in [2.24, 2.45) is 0 Å². The number of ether oxygens (including phenoxy) is 2. The third-order valence-electron chi connectivity index (χ3n) is 6.63. The molecular formula is C28H33BrN2O5. The van der Waals surface area contributed by atoms with Crippen molar-refractivity contribution in [1.82, 2.24) is 9.80 Å². The Kier molecular flexibility index (Phi) is 8.82. The van der Waals surface area contributed by atoms with E-state index in [-0.39, 0.29) is 11.3 Å². The number of halogens is 1. The lowest BCUT2D eigenvalue weighted by Gasteiger charge is -2.29. The minimum absolute atomic E-state index is 0.124. The predicted octanol–water partition coefficient (Wildman–Crippen LogP) is 4.69. The Labute approximate surface area is 220 Å². The molecule has 4 rings (SSSR count). The second-order valence-electron chi connectivity index (χ2n) is 9.18. The molecule has 2 aliphatic rings. The Bertz CT molecular complexity index is 1130. The first-order valence-corrected chi connectivity index (χ1v) is 13.3. The molecule has 0 aliphatic carbocycles. The molecule has 1 atom stereocenters. The second-order valence-corrected chi connectivity index (χ2v) is 10.1. The molecule has 1 N–H and O–H groups in total. The van der Waals surface area contributed by atoms with E-state index in [1.807, 2.05) is 44.2 Å². The number of carbonyl (C=O) groups is 2. The number of hydrogen-bond acceptors (Lipinski definition) is 6. The number of amides is 1. The van der Waals surface area contributed by atoms with Crippen molar-refractivity contribution in [3.8, 4) is 5.75 Å². The van der Waals surface area contributed by atoms with E-state index in [0.29, 0.717) is 37.7 Å². The number of nitrogens with zero attached hydrogens (tertiary/aromatic N) is 2. The normalized spacial score (nSPS) is 20.2. The minimum Gasteiger partial charge on any atom is -0.507 e. The van der Waals surface area contributed by atoms with Crippen LogP contribution in [-0.4, -0.2) is 72.6 Å². The number of benzene rings is 2. The van der Waals surface area contributed by atoms with Gasteiger partial charge in [-0.3, -0.25) is 14.5 Å². The summed E-state index contributed by atoms with van der Waals surface area (Å²) >= 11 is 3.46. The Balaban J connectivity index is 1.66. The number of rotatable bonds is 9. The van der Waals surface area contributed by atoms with E-state index in [4.69, 9.17) is 9.47 Å². The summed E-state index contributed by atoms with van der Waals surface area (Å²) in [7, 11) is 0. The summed E-state index contributed by atoms with van der Waals surface area (Å²) in [4.78, 5) is 30.4. The number of aliphatic hydroxyl groups excluding tert-OH is 1. The van der Waals surface area contributed by atoms with Crippen LogP contribution in [0.2, 0.25) is 0 Å². The van der Waals surface area contributed by atoms with Gasteiger partial charge in [-0.2, -0.15) is 0 Å². The van der Waals surface area contributed by atoms with Crippen LogP contribution in [0.1, 0.15) is 42.5 Å². The number of Topliss-reactive ketones (excluding diaryl/α,β-unsaturated/α-hetero) is 1. The largest absolute Gasteiger partial charge is 0.507 e. The lowest BCUT2D eigenvalue weighted by atomic mass is 9.94. The summed E-state index contributed by atoms with van der Waals surface area (Å²) in [6, 6.07) is 12.3. The smallest absolute Gasteiger partial charge is 0.295 e. The fourth-order valence-corrected chi connectivity index (χ4v) is 5.01. The van der Waals surface area contributed by atoms with Crippen LogP contribution in [0.3, 0.4) is 0 Å². The average Bonchev–Trinajstić information content (AvgIpc) is 3.13. The van der Waals surface area contributed by atoms with E-state index >= 15 is 0 Å². The summed E-state index contributed by atoms with van der Waals surface area (Å²) in [5, 5.41) is 11.4. The van der Waals surface area contributed by atoms with Crippen LogP contribution in [0, 0.1) is 6.92 Å². The van der Waals surface area contributed by atoms with Gasteiger partial charge in [0.05, 0.1) is 31.4 Å². The summed E-state index contributed by atoms with van der Waals surface area (Å²) in [6.07, 6.45) is 1.62. The van der Waals surface area contributed by atoms with Gasteiger partial charge < -0.3 is 19.5 Å². The molecule has 7 nitrogen and oxygen atoms in total. The van der Waals surface area contributed by atoms with Crippen molar-refractivity contribution in [2.75, 3.05) is 46.0 Å². The first-order chi connectivity index (χ1) is 17.4. The van der Waals surface area contributed by atoms with Gasteiger partial charge in [0.25, 0.3) is 11.7 Å². The van der Waals surface area contributed by atoms with Gasteiger partial charge in [-0.15, -0.1) is 0 Å². The summed E-state index contributed by atoms with van der Waals surface area (Å²) in [5.74, 6) is -0.681. The highest BCUT2D eigenvalue weighted by Crippen LogP contribution is 2.40. The van der Waals surface area contributed by atoms with Gasteiger partial charge in [0.15, 0.2) is 0 Å². The quantitative estimate of drug-likeness (QED) is 0.274. The molecule has 2 fully saturated rings. The highest BCUT2D eigenvalue weighted by Gasteiger charge is 2.46. The summed E-state index contributed by atoms with van der Waals surface area (Å²) in [5.41, 5.74) is 2.20. The molecule has 0 spiro atoms. The van der Waals surface area contributed by atoms with Crippen molar-refractivity contribution in [1.29, 1.82) is 0 Å². The van der Waals surface area contributed by atoms with Crippen molar-refractivity contribution in [3.63, 3.8) is 0 Å². The number of aryl methyl sites for hydroxylation is 1. The molecule has 1 unspecified atom stereocenters. The summed E-state index contributed by atoms with van der Waals surface area (Å²) in [6.45, 7) is 8.90. The standard InChI is InChI=1S/C28H33BrN2O5/c1-3-15-36-22-9-10-23(19(2)18-22)26(32)24-25(20-5-7-21(29)8-6-20)31(28(34)27(24)33)12-4-11-30-13-16-35-17-14-30/h5-10,18,25,32H,3-4,11-17H2,1-2H3/b26-24+. The zero-order valence-corrected chi connectivity index (χ0v) is 22.4. The van der Waals surface area contributed by atoms with Crippen LogP contribution < -0.4 is 4.74 Å². The van der Waals surface area contributed by atoms with Crippen LogP contribution in [0.4, 0.5) is 0 Å². The van der Waals surface area contributed by atoms with Crippen molar-refractivity contribution < 1.29 is 24.2 Å². The molecule has 0 aromatic heterocycles. The monoisotopic (exact) mass is 556 g/mol. The first kappa shape index (κ1) is 26.4. The van der Waals surface area contributed by atoms with E-state index in [0.717, 1.165) is 48.1 Å². The molecule has 2 saturated heterocycles. The third kappa shape index (κ3) is 5.82. The van der Waals surface area contributed by atoms with Crippen molar-refractivity contribution in [2.45, 2.75) is 32.7 Å². The highest BCUT2D eigenvalue weighted by atomic mass is 79.9. The van der Waals surface area contributed by atoms with Crippen LogP contribution in [0.25, 0.3) is 5.76 Å². The molecule has 36 heavy (non-hydrogen) atoms. The van der Waals surface area contributed by atoms with Gasteiger partial charge in [-0.1, -0.05) is 35.0 Å². The van der Waals surface area contributed by atoms with Crippen LogP contribution in [0.15, 0.2) is 52.5 Å². The molecule has 0 radical (unpaired) electrons. The van der Waals surface area contributed by atoms with E-state index in [9.17, 15) is 14.7 Å². The second kappa shape index (κ2) is 12.0. The van der Waals surface area contributed by atoms with E-state index in [1.54, 1.807) is 17.0 Å². The highest BCUT2D eigenvalue weighted by molar-refractivity contribution is 9.10. The number of likely N-dealkylation sites (tertiary alicyclic amines) is 1. The maximum Gasteiger partial charge on any atom is 0.295 e. The number of aliphatic hydroxyl groups is 1. The summed E-state index contributed by atoms with van der Waals surface area (Å²) < 4.78 is 12.0. The van der Waals surface area contributed by atoms with Gasteiger partial charge >= 0.3 is 0 Å². The number of ketones is 1. The average molecular weight is 557 g/mol. The molecule has 1 amide bonds. The van der Waals surface area contributed by atoms with Crippen LogP contribution in [-0.2, 0) is 14.3 Å². The van der Waals surface area contributed by atoms with E-state index < -0.39 is 17.7 Å². The molecule has 0 bridgehead atoms. The molecule has 2 aromatic carbocycles. The SMILES string of the molecule is CCCOc1ccc(/C(O)=C2\C(=O)C(=O)N(CCCN3CCOCC3)C2c2ccc(Br)cc2)c(C)c1. The number of morpholine rings is 1. The fourth-order valence-electron chi connectivity index (χ4n) is 4.75. The van der Waals surface area contributed by atoms with Gasteiger partial charge in [0.2, 0.25) is 0 Å². The number of hydrogen-bond donors (Lipinski definition) is 1. The molecule has 0 saturated carbocycles.